The summed E-state index contributed by atoms with van der Waals surface area (Å²) in [4.78, 5) is 15.1. The maximum atomic E-state index is 13.5. The van der Waals surface area contributed by atoms with Gasteiger partial charge in [0.1, 0.15) is 0 Å². The molecule has 4 nitrogen and oxygen atoms in total. The Bertz CT molecular complexity index is 1050. The molecule has 3 aromatic carbocycles. The van der Waals surface area contributed by atoms with Gasteiger partial charge in [0.05, 0.1) is 12.2 Å². The van der Waals surface area contributed by atoms with Crippen molar-refractivity contribution in [3.05, 3.63) is 100 Å². The molecule has 0 fully saturated rings. The molecule has 4 rings (SSSR count). The molecule has 0 aliphatic carbocycles. The fourth-order valence-electron chi connectivity index (χ4n) is 4.06. The zero-order chi connectivity index (χ0) is 20.6. The minimum absolute atomic E-state index is 0.310. The summed E-state index contributed by atoms with van der Waals surface area (Å²) in [5, 5.41) is 12.3. The maximum absolute atomic E-state index is 13.5. The van der Waals surface area contributed by atoms with Gasteiger partial charge in [-0.3, -0.25) is 4.79 Å². The van der Waals surface area contributed by atoms with Gasteiger partial charge in [0.25, 0.3) is 5.91 Å². The predicted octanol–water partition coefficient (Wildman–Crippen LogP) is 4.45. The number of benzene rings is 3. The highest BCUT2D eigenvalue weighted by Gasteiger charge is 2.52. The van der Waals surface area contributed by atoms with Crippen LogP contribution in [0.2, 0.25) is 5.02 Å². The van der Waals surface area contributed by atoms with Crippen molar-refractivity contribution < 1.29 is 14.6 Å². The van der Waals surface area contributed by atoms with Crippen molar-refractivity contribution in [2.75, 3.05) is 12.0 Å². The highest BCUT2D eigenvalue weighted by molar-refractivity contribution is 6.31. The van der Waals surface area contributed by atoms with Gasteiger partial charge in [-0.25, -0.2) is 0 Å². The van der Waals surface area contributed by atoms with Crippen LogP contribution in [0.25, 0.3) is 0 Å². The van der Waals surface area contributed by atoms with Gasteiger partial charge in [-0.1, -0.05) is 77.8 Å². The Balaban J connectivity index is 1.90. The van der Waals surface area contributed by atoms with Crippen molar-refractivity contribution >= 4 is 23.2 Å². The van der Waals surface area contributed by atoms with Gasteiger partial charge in [-0.05, 0) is 30.2 Å². The van der Waals surface area contributed by atoms with Gasteiger partial charge in [-0.2, -0.15) is 0 Å². The van der Waals surface area contributed by atoms with Gasteiger partial charge in [0.2, 0.25) is 0 Å². The number of carbonyl (C=O) groups excluding carboxylic acids is 1. The van der Waals surface area contributed by atoms with E-state index < -0.39 is 11.7 Å². The van der Waals surface area contributed by atoms with Crippen LogP contribution in [-0.4, -0.2) is 24.2 Å². The van der Waals surface area contributed by atoms with E-state index in [0.717, 1.165) is 11.1 Å². The second-order valence-corrected chi connectivity index (χ2v) is 7.76. The summed E-state index contributed by atoms with van der Waals surface area (Å²) in [5.41, 5.74) is 2.26. The van der Waals surface area contributed by atoms with Crippen LogP contribution in [-0.2, 0) is 21.7 Å². The summed E-state index contributed by atoms with van der Waals surface area (Å²) in [6.07, 6.45) is -1.08. The van der Waals surface area contributed by atoms with Crippen LogP contribution in [0.15, 0.2) is 72.8 Å². The molecule has 0 spiro atoms. The third-order valence-electron chi connectivity index (χ3n) is 5.40. The average Bonchev–Trinajstić information content (AvgIpc) is 2.72. The van der Waals surface area contributed by atoms with Crippen LogP contribution in [0.1, 0.15) is 22.3 Å². The van der Waals surface area contributed by atoms with E-state index in [4.69, 9.17) is 16.3 Å². The third-order valence-corrected chi connectivity index (χ3v) is 5.64. The van der Waals surface area contributed by atoms with Crippen LogP contribution < -0.4 is 4.90 Å². The zero-order valence-electron chi connectivity index (χ0n) is 16.3. The normalized spacial score (nSPS) is 21.2. The minimum atomic E-state index is -1.61. The quantitative estimate of drug-likeness (QED) is 0.695. The molecule has 2 unspecified atom stereocenters. The van der Waals surface area contributed by atoms with Crippen molar-refractivity contribution in [3.8, 4) is 0 Å². The Kier molecular flexibility index (Phi) is 5.17. The fraction of sp³-hybridized carbons (Fsp3) is 0.208. The molecule has 0 bridgehead atoms. The first-order valence-corrected chi connectivity index (χ1v) is 9.80. The summed E-state index contributed by atoms with van der Waals surface area (Å²) >= 11 is 6.28. The highest BCUT2D eigenvalue weighted by Crippen LogP contribution is 2.45. The number of aliphatic hydroxyl groups is 1. The van der Waals surface area contributed by atoms with Crippen LogP contribution in [0.4, 0.5) is 5.69 Å². The second-order valence-electron chi connectivity index (χ2n) is 7.32. The fourth-order valence-corrected chi connectivity index (χ4v) is 4.22. The average molecular weight is 408 g/mol. The number of rotatable bonds is 4. The van der Waals surface area contributed by atoms with Gasteiger partial charge in [0.15, 0.2) is 11.7 Å². The molecule has 0 radical (unpaired) electrons. The van der Waals surface area contributed by atoms with Gasteiger partial charge in [0, 0.05) is 17.7 Å². The number of hydrogen-bond donors (Lipinski definition) is 1. The molecule has 0 aromatic heterocycles. The molecule has 3 aromatic rings. The van der Waals surface area contributed by atoms with Crippen molar-refractivity contribution in [1.82, 2.24) is 0 Å². The van der Waals surface area contributed by atoms with Crippen LogP contribution in [0.5, 0.6) is 0 Å². The number of nitrogens with zero attached hydrogens (tertiary/aromatic N) is 1. The van der Waals surface area contributed by atoms with Crippen LogP contribution in [0.3, 0.4) is 0 Å². The lowest BCUT2D eigenvalue weighted by molar-refractivity contribution is -0.145. The van der Waals surface area contributed by atoms with Gasteiger partial charge in [-0.15, -0.1) is 0 Å². The molecule has 1 N–H and O–H groups in total. The lowest BCUT2D eigenvalue weighted by Gasteiger charge is -2.44. The van der Waals surface area contributed by atoms with Gasteiger partial charge < -0.3 is 14.7 Å². The minimum Gasteiger partial charge on any atom is -0.377 e. The molecular formula is C24H22ClNO3. The van der Waals surface area contributed by atoms with E-state index in [9.17, 15) is 9.90 Å². The lowest BCUT2D eigenvalue weighted by atomic mass is 9.77. The first-order valence-electron chi connectivity index (χ1n) is 9.43. The third kappa shape index (κ3) is 3.33. The Hall–Kier alpha value is -2.66. The predicted molar refractivity (Wildman–Crippen MR) is 114 cm³/mol. The molecule has 5 heteroatoms. The monoisotopic (exact) mass is 407 g/mol. The summed E-state index contributed by atoms with van der Waals surface area (Å²) in [5.74, 6) is -0.310. The van der Waals surface area contributed by atoms with Crippen molar-refractivity contribution in [3.63, 3.8) is 0 Å². The summed E-state index contributed by atoms with van der Waals surface area (Å²) in [7, 11) is 1.45. The second kappa shape index (κ2) is 7.64. The van der Waals surface area contributed by atoms with E-state index in [1.165, 1.54) is 7.11 Å². The van der Waals surface area contributed by atoms with E-state index in [1.807, 2.05) is 49.4 Å². The molecule has 1 aliphatic rings. The topological polar surface area (TPSA) is 49.8 Å². The highest BCUT2D eigenvalue weighted by atomic mass is 35.5. The Morgan fingerprint density at radius 3 is 2.52 bits per heavy atom. The van der Waals surface area contributed by atoms with E-state index >= 15 is 0 Å². The number of anilines is 1. The summed E-state index contributed by atoms with van der Waals surface area (Å²) in [6, 6.07) is 22.3. The molecule has 0 saturated heterocycles. The number of amides is 1. The van der Waals surface area contributed by atoms with Crippen molar-refractivity contribution in [2.24, 2.45) is 0 Å². The number of halogens is 1. The molecule has 2 atom stereocenters. The lowest BCUT2D eigenvalue weighted by Crippen LogP contribution is -2.57. The number of fused-ring (bicyclic) bond motifs is 1. The first-order chi connectivity index (χ1) is 13.9. The Morgan fingerprint density at radius 2 is 1.83 bits per heavy atom. The van der Waals surface area contributed by atoms with E-state index in [-0.39, 0.29) is 5.91 Å². The zero-order valence-corrected chi connectivity index (χ0v) is 17.1. The summed E-state index contributed by atoms with van der Waals surface area (Å²) in [6.45, 7) is 2.37. The molecular weight excluding hydrogens is 386 g/mol. The number of ether oxygens (including phenoxy) is 1. The van der Waals surface area contributed by atoms with E-state index in [2.05, 4.69) is 0 Å². The molecule has 1 aliphatic heterocycles. The molecule has 1 heterocycles. The smallest absolute Gasteiger partial charge is 0.260 e. The maximum Gasteiger partial charge on any atom is 0.260 e. The molecule has 1 amide bonds. The number of hydrogen-bond acceptors (Lipinski definition) is 3. The van der Waals surface area contributed by atoms with Crippen molar-refractivity contribution in [1.29, 1.82) is 0 Å². The number of methoxy groups -OCH3 is 1. The van der Waals surface area contributed by atoms with Gasteiger partial charge >= 0.3 is 0 Å². The van der Waals surface area contributed by atoms with E-state index in [0.29, 0.717) is 28.4 Å². The SMILES string of the molecule is COC1C(=O)N(Cc2cccc(C)c2)c2cc(Cl)ccc2C1(O)c1ccccc1. The largest absolute Gasteiger partial charge is 0.377 e. The van der Waals surface area contributed by atoms with Crippen LogP contribution >= 0.6 is 11.6 Å². The standard InChI is InChI=1S/C24H22ClNO3/c1-16-7-6-8-17(13-16)15-26-21-14-19(25)11-12-20(21)24(28,22(29-2)23(26)27)18-9-4-3-5-10-18/h3-14,22,28H,15H2,1-2H3. The Morgan fingerprint density at radius 1 is 1.07 bits per heavy atom. The van der Waals surface area contributed by atoms with Crippen molar-refractivity contribution in [2.45, 2.75) is 25.2 Å². The molecule has 0 saturated carbocycles. The number of carbonyl (C=O) groups is 1. The summed E-state index contributed by atoms with van der Waals surface area (Å²) < 4.78 is 5.58. The first kappa shape index (κ1) is 19.6. The number of aryl methyl sites for hydroxylation is 1. The van der Waals surface area contributed by atoms with E-state index in [1.54, 1.807) is 35.2 Å². The molecule has 148 valence electrons. The molecule has 29 heavy (non-hydrogen) atoms. The Labute approximate surface area is 175 Å². The van der Waals surface area contributed by atoms with Crippen LogP contribution in [0, 0.1) is 6.92 Å².